The molecule has 0 fully saturated rings. The standard InChI is InChI=1S/C18H21N3O4/c1-20(15-7-3-2-4-8-15)12-6-11-19-18(22)14-25-17-10-5-9-16(13-17)21(23)24/h2-5,7-10,13H,6,11-12,14H2,1H3,(H,19,22). The number of hydrogen-bond donors (Lipinski definition) is 1. The number of rotatable bonds is 9. The smallest absolute Gasteiger partial charge is 0.273 e. The van der Waals surface area contributed by atoms with Crippen LogP contribution in [0.1, 0.15) is 6.42 Å². The minimum Gasteiger partial charge on any atom is -0.484 e. The minimum atomic E-state index is -0.504. The molecule has 0 radical (unpaired) electrons. The van der Waals surface area contributed by atoms with Crippen LogP contribution >= 0.6 is 0 Å². The van der Waals surface area contributed by atoms with Crippen LogP contribution in [0, 0.1) is 10.1 Å². The first-order chi connectivity index (χ1) is 12.1. The number of nitrogens with one attached hydrogen (secondary N) is 1. The molecule has 0 saturated heterocycles. The lowest BCUT2D eigenvalue weighted by molar-refractivity contribution is -0.384. The summed E-state index contributed by atoms with van der Waals surface area (Å²) < 4.78 is 5.28. The number of non-ortho nitro benzene ring substituents is 1. The van der Waals surface area contributed by atoms with Crippen molar-refractivity contribution in [3.05, 3.63) is 64.7 Å². The molecule has 0 unspecified atom stereocenters. The van der Waals surface area contributed by atoms with Gasteiger partial charge in [-0.05, 0) is 24.6 Å². The van der Waals surface area contributed by atoms with Gasteiger partial charge in [0, 0.05) is 31.9 Å². The normalized spacial score (nSPS) is 10.1. The lowest BCUT2D eigenvalue weighted by atomic mass is 10.3. The third-order valence-electron chi connectivity index (χ3n) is 3.59. The zero-order valence-corrected chi connectivity index (χ0v) is 14.1. The summed E-state index contributed by atoms with van der Waals surface area (Å²) in [6.45, 7) is 1.18. The quantitative estimate of drug-likeness (QED) is 0.430. The van der Waals surface area contributed by atoms with Crippen LogP contribution in [-0.2, 0) is 4.79 Å². The van der Waals surface area contributed by atoms with Crippen molar-refractivity contribution in [2.75, 3.05) is 31.6 Å². The van der Waals surface area contributed by atoms with E-state index in [0.29, 0.717) is 12.3 Å². The van der Waals surface area contributed by atoms with Crippen molar-refractivity contribution in [2.45, 2.75) is 6.42 Å². The summed E-state index contributed by atoms with van der Waals surface area (Å²) in [6.07, 6.45) is 0.800. The van der Waals surface area contributed by atoms with Gasteiger partial charge in [0.2, 0.25) is 0 Å². The number of benzene rings is 2. The van der Waals surface area contributed by atoms with Crippen molar-refractivity contribution in [3.8, 4) is 5.75 Å². The Morgan fingerprint density at radius 2 is 1.96 bits per heavy atom. The molecule has 0 atom stereocenters. The average Bonchev–Trinajstić information content (AvgIpc) is 2.64. The van der Waals surface area contributed by atoms with Gasteiger partial charge in [-0.15, -0.1) is 0 Å². The molecule has 0 bridgehead atoms. The molecule has 7 heteroatoms. The van der Waals surface area contributed by atoms with Crippen LogP contribution in [0.5, 0.6) is 5.75 Å². The topological polar surface area (TPSA) is 84.7 Å². The maximum atomic E-state index is 11.8. The molecular formula is C18H21N3O4. The van der Waals surface area contributed by atoms with E-state index in [1.54, 1.807) is 6.07 Å². The Morgan fingerprint density at radius 1 is 1.20 bits per heavy atom. The second kappa shape index (κ2) is 9.27. The number of nitro benzene ring substituents is 1. The number of carbonyl (C=O) groups is 1. The first-order valence-corrected chi connectivity index (χ1v) is 7.96. The van der Waals surface area contributed by atoms with Gasteiger partial charge in [0.05, 0.1) is 11.0 Å². The Hall–Kier alpha value is -3.09. The van der Waals surface area contributed by atoms with E-state index in [9.17, 15) is 14.9 Å². The summed E-state index contributed by atoms with van der Waals surface area (Å²) in [5.41, 5.74) is 1.06. The zero-order chi connectivity index (χ0) is 18.1. The summed E-state index contributed by atoms with van der Waals surface area (Å²) in [5, 5.41) is 13.5. The number of nitrogens with zero attached hydrogens (tertiary/aromatic N) is 2. The molecule has 0 heterocycles. The summed E-state index contributed by atoms with van der Waals surface area (Å²) in [4.78, 5) is 24.1. The molecule has 0 aliphatic carbocycles. The predicted octanol–water partition coefficient (Wildman–Crippen LogP) is 2.62. The van der Waals surface area contributed by atoms with Gasteiger partial charge in [0.1, 0.15) is 5.75 Å². The lowest BCUT2D eigenvalue weighted by Gasteiger charge is -2.19. The van der Waals surface area contributed by atoms with E-state index < -0.39 is 4.92 Å². The maximum absolute atomic E-state index is 11.8. The Kier molecular flexibility index (Phi) is 6.76. The van der Waals surface area contributed by atoms with Crippen LogP contribution in [0.3, 0.4) is 0 Å². The van der Waals surface area contributed by atoms with E-state index in [2.05, 4.69) is 10.2 Å². The fourth-order valence-corrected chi connectivity index (χ4v) is 2.24. The predicted molar refractivity (Wildman–Crippen MR) is 95.9 cm³/mol. The number of anilines is 1. The van der Waals surface area contributed by atoms with Crippen molar-refractivity contribution in [1.82, 2.24) is 5.32 Å². The fraction of sp³-hybridized carbons (Fsp3) is 0.278. The Labute approximate surface area is 146 Å². The molecule has 0 spiro atoms. The molecule has 0 aliphatic rings. The number of para-hydroxylation sites is 1. The molecule has 0 aromatic heterocycles. The largest absolute Gasteiger partial charge is 0.484 e. The van der Waals surface area contributed by atoms with Crippen molar-refractivity contribution in [3.63, 3.8) is 0 Å². The van der Waals surface area contributed by atoms with Crippen LogP contribution < -0.4 is 15.0 Å². The minimum absolute atomic E-state index is 0.0677. The van der Waals surface area contributed by atoms with Gasteiger partial charge in [-0.2, -0.15) is 0 Å². The van der Waals surface area contributed by atoms with Gasteiger partial charge < -0.3 is 15.0 Å². The van der Waals surface area contributed by atoms with Crippen LogP contribution in [-0.4, -0.2) is 37.6 Å². The number of hydrogen-bond acceptors (Lipinski definition) is 5. The Balaban J connectivity index is 1.66. The highest BCUT2D eigenvalue weighted by atomic mass is 16.6. The SMILES string of the molecule is CN(CCCNC(=O)COc1cccc([N+](=O)[O-])c1)c1ccccc1. The van der Waals surface area contributed by atoms with Crippen molar-refractivity contribution >= 4 is 17.3 Å². The molecule has 0 saturated carbocycles. The molecule has 2 rings (SSSR count). The van der Waals surface area contributed by atoms with Crippen LogP contribution in [0.4, 0.5) is 11.4 Å². The molecule has 1 N–H and O–H groups in total. The van der Waals surface area contributed by atoms with E-state index in [-0.39, 0.29) is 18.2 Å². The van der Waals surface area contributed by atoms with E-state index in [4.69, 9.17) is 4.74 Å². The second-order valence-corrected chi connectivity index (χ2v) is 5.50. The fourth-order valence-electron chi connectivity index (χ4n) is 2.24. The summed E-state index contributed by atoms with van der Waals surface area (Å²) in [5.74, 6) is 0.0435. The highest BCUT2D eigenvalue weighted by molar-refractivity contribution is 5.77. The third kappa shape index (κ3) is 6.14. The first-order valence-electron chi connectivity index (χ1n) is 7.96. The summed E-state index contributed by atoms with van der Waals surface area (Å²) in [6, 6.07) is 15.8. The number of carbonyl (C=O) groups excluding carboxylic acids is 1. The maximum Gasteiger partial charge on any atom is 0.273 e. The molecule has 132 valence electrons. The third-order valence-corrected chi connectivity index (χ3v) is 3.59. The molecule has 7 nitrogen and oxygen atoms in total. The van der Waals surface area contributed by atoms with Gasteiger partial charge in [0.15, 0.2) is 6.61 Å². The van der Waals surface area contributed by atoms with Gasteiger partial charge in [-0.25, -0.2) is 0 Å². The molecule has 0 aliphatic heterocycles. The van der Waals surface area contributed by atoms with Crippen molar-refractivity contribution < 1.29 is 14.5 Å². The van der Waals surface area contributed by atoms with Gasteiger partial charge in [-0.3, -0.25) is 14.9 Å². The molecular weight excluding hydrogens is 322 g/mol. The second-order valence-electron chi connectivity index (χ2n) is 5.50. The highest BCUT2D eigenvalue weighted by Gasteiger charge is 2.08. The van der Waals surface area contributed by atoms with E-state index in [1.807, 2.05) is 37.4 Å². The van der Waals surface area contributed by atoms with Gasteiger partial charge in [-0.1, -0.05) is 24.3 Å². The number of amides is 1. The van der Waals surface area contributed by atoms with E-state index >= 15 is 0 Å². The van der Waals surface area contributed by atoms with E-state index in [0.717, 1.165) is 18.7 Å². The Morgan fingerprint density at radius 3 is 2.68 bits per heavy atom. The first kappa shape index (κ1) is 18.3. The van der Waals surface area contributed by atoms with E-state index in [1.165, 1.54) is 18.2 Å². The molecule has 1 amide bonds. The number of ether oxygens (including phenoxy) is 1. The van der Waals surface area contributed by atoms with Crippen molar-refractivity contribution in [2.24, 2.45) is 0 Å². The van der Waals surface area contributed by atoms with Crippen molar-refractivity contribution in [1.29, 1.82) is 0 Å². The Bertz CT molecular complexity index is 706. The summed E-state index contributed by atoms with van der Waals surface area (Å²) in [7, 11) is 2.00. The van der Waals surface area contributed by atoms with Crippen LogP contribution in [0.25, 0.3) is 0 Å². The van der Waals surface area contributed by atoms with Gasteiger partial charge >= 0.3 is 0 Å². The lowest BCUT2D eigenvalue weighted by Crippen LogP contribution is -2.31. The van der Waals surface area contributed by atoms with Crippen LogP contribution in [0.15, 0.2) is 54.6 Å². The average molecular weight is 343 g/mol. The number of nitro groups is 1. The molecule has 2 aromatic carbocycles. The highest BCUT2D eigenvalue weighted by Crippen LogP contribution is 2.18. The zero-order valence-electron chi connectivity index (χ0n) is 14.1. The summed E-state index contributed by atoms with van der Waals surface area (Å²) >= 11 is 0. The molecule has 25 heavy (non-hydrogen) atoms. The molecule has 2 aromatic rings. The van der Waals surface area contributed by atoms with Crippen LogP contribution in [0.2, 0.25) is 0 Å². The monoisotopic (exact) mass is 343 g/mol. The van der Waals surface area contributed by atoms with Gasteiger partial charge in [0.25, 0.3) is 11.6 Å².